The Morgan fingerprint density at radius 1 is 1.21 bits per heavy atom. The van der Waals surface area contributed by atoms with E-state index in [2.05, 4.69) is 4.98 Å². The summed E-state index contributed by atoms with van der Waals surface area (Å²) in [6.45, 7) is 5.49. The highest BCUT2D eigenvalue weighted by Gasteiger charge is 2.31. The van der Waals surface area contributed by atoms with Crippen LogP contribution in [0.3, 0.4) is 0 Å². The van der Waals surface area contributed by atoms with Crippen LogP contribution in [0.15, 0.2) is 46.5 Å². The summed E-state index contributed by atoms with van der Waals surface area (Å²) in [6, 6.07) is 9.47. The number of benzene rings is 1. The first-order chi connectivity index (χ1) is 11.6. The van der Waals surface area contributed by atoms with E-state index in [9.17, 15) is 9.59 Å². The number of aryl methyl sites for hydroxylation is 2. The Morgan fingerprint density at radius 2 is 1.96 bits per heavy atom. The van der Waals surface area contributed by atoms with Gasteiger partial charge in [0.15, 0.2) is 5.16 Å². The molecule has 1 aromatic carbocycles. The highest BCUT2D eigenvalue weighted by molar-refractivity contribution is 8.00. The maximum atomic E-state index is 12.9. The molecule has 0 spiro atoms. The molecule has 6 heteroatoms. The second-order valence-electron chi connectivity index (χ2n) is 5.91. The Labute approximate surface area is 145 Å². The van der Waals surface area contributed by atoms with Crippen LogP contribution in [0.25, 0.3) is 0 Å². The van der Waals surface area contributed by atoms with Crippen molar-refractivity contribution < 1.29 is 4.79 Å². The van der Waals surface area contributed by atoms with Gasteiger partial charge in [0.25, 0.3) is 5.56 Å². The van der Waals surface area contributed by atoms with E-state index in [0.717, 1.165) is 31.6 Å². The molecule has 0 radical (unpaired) electrons. The second-order valence-corrected chi connectivity index (χ2v) is 7.08. The van der Waals surface area contributed by atoms with E-state index in [0.29, 0.717) is 5.16 Å². The third-order valence-corrected chi connectivity index (χ3v) is 5.43. The zero-order chi connectivity index (χ0) is 17.1. The number of hydrogen-bond donors (Lipinski definition) is 0. The molecule has 126 valence electrons. The van der Waals surface area contributed by atoms with Crippen LogP contribution < -0.4 is 10.5 Å². The Hall–Kier alpha value is -2.08. The molecular formula is C18H21N3O2S. The first kappa shape index (κ1) is 16.8. The summed E-state index contributed by atoms with van der Waals surface area (Å²) in [6.07, 6.45) is 3.49. The van der Waals surface area contributed by atoms with Crippen molar-refractivity contribution in [3.63, 3.8) is 0 Å². The second kappa shape index (κ2) is 7.21. The molecule has 1 amide bonds. The van der Waals surface area contributed by atoms with Crippen molar-refractivity contribution in [2.75, 3.05) is 11.4 Å². The summed E-state index contributed by atoms with van der Waals surface area (Å²) in [5.74, 6) is 0.0934. The molecule has 2 aromatic rings. The molecule has 1 unspecified atom stereocenters. The zero-order valence-electron chi connectivity index (χ0n) is 13.9. The van der Waals surface area contributed by atoms with Crippen molar-refractivity contribution in [3.8, 4) is 0 Å². The van der Waals surface area contributed by atoms with Crippen LogP contribution in [-0.4, -0.2) is 27.3 Å². The number of carbonyl (C=O) groups is 1. The van der Waals surface area contributed by atoms with Crippen molar-refractivity contribution in [1.82, 2.24) is 9.55 Å². The lowest BCUT2D eigenvalue weighted by molar-refractivity contribution is -0.119. The Balaban J connectivity index is 1.82. The number of nitrogens with zero attached hydrogens (tertiary/aromatic N) is 3. The molecular weight excluding hydrogens is 322 g/mol. The first-order valence-corrected chi connectivity index (χ1v) is 9.08. The van der Waals surface area contributed by atoms with E-state index < -0.39 is 0 Å². The van der Waals surface area contributed by atoms with Gasteiger partial charge in [0.1, 0.15) is 0 Å². The van der Waals surface area contributed by atoms with Gasteiger partial charge >= 0.3 is 0 Å². The molecule has 2 heterocycles. The van der Waals surface area contributed by atoms with Gasteiger partial charge in [0.05, 0.1) is 5.25 Å². The van der Waals surface area contributed by atoms with E-state index in [1.807, 2.05) is 47.6 Å². The van der Waals surface area contributed by atoms with Crippen LogP contribution in [0.2, 0.25) is 0 Å². The number of carbonyl (C=O) groups excluding carboxylic acids is 1. The van der Waals surface area contributed by atoms with Crippen molar-refractivity contribution in [2.45, 2.75) is 43.6 Å². The van der Waals surface area contributed by atoms with Gasteiger partial charge in [-0.3, -0.25) is 9.59 Å². The predicted octanol–water partition coefficient (Wildman–Crippen LogP) is 2.86. The van der Waals surface area contributed by atoms with Crippen molar-refractivity contribution in [3.05, 3.63) is 52.4 Å². The summed E-state index contributed by atoms with van der Waals surface area (Å²) in [4.78, 5) is 30.4. The fraction of sp³-hybridized carbons (Fsp3) is 0.389. The van der Waals surface area contributed by atoms with E-state index in [1.54, 1.807) is 6.20 Å². The van der Waals surface area contributed by atoms with Crippen LogP contribution in [0.1, 0.15) is 25.3 Å². The van der Waals surface area contributed by atoms with Crippen molar-refractivity contribution >= 4 is 23.4 Å². The highest BCUT2D eigenvalue weighted by Crippen LogP contribution is 2.31. The molecule has 1 aliphatic heterocycles. The molecule has 0 bridgehead atoms. The Bertz CT molecular complexity index is 786. The van der Waals surface area contributed by atoms with E-state index in [-0.39, 0.29) is 16.7 Å². The molecule has 1 saturated heterocycles. The number of rotatable bonds is 4. The van der Waals surface area contributed by atoms with Crippen LogP contribution in [-0.2, 0) is 11.3 Å². The van der Waals surface area contributed by atoms with Gasteiger partial charge in [-0.25, -0.2) is 0 Å². The Morgan fingerprint density at radius 3 is 2.67 bits per heavy atom. The molecule has 1 aromatic heterocycles. The molecule has 0 saturated carbocycles. The van der Waals surface area contributed by atoms with Crippen LogP contribution in [0.4, 0.5) is 5.69 Å². The third-order valence-electron chi connectivity index (χ3n) is 4.17. The number of piperidine rings is 1. The normalized spacial score (nSPS) is 18.0. The van der Waals surface area contributed by atoms with Gasteiger partial charge in [-0.2, -0.15) is 4.98 Å². The fourth-order valence-electron chi connectivity index (χ4n) is 2.81. The van der Waals surface area contributed by atoms with Gasteiger partial charge < -0.3 is 9.47 Å². The number of thioether (sulfide) groups is 1. The minimum atomic E-state index is -0.263. The minimum absolute atomic E-state index is 0.0934. The maximum absolute atomic E-state index is 12.9. The first-order valence-electron chi connectivity index (χ1n) is 8.20. The SMILES string of the molecule is CCn1ccc(=O)nc1SC1CCCN(c2ccc(C)cc2)C1=O. The lowest BCUT2D eigenvalue weighted by Crippen LogP contribution is -2.43. The van der Waals surface area contributed by atoms with Crippen LogP contribution in [0.5, 0.6) is 0 Å². The zero-order valence-corrected chi connectivity index (χ0v) is 14.8. The molecule has 1 atom stereocenters. The smallest absolute Gasteiger partial charge is 0.273 e. The average Bonchev–Trinajstić information content (AvgIpc) is 2.58. The lowest BCUT2D eigenvalue weighted by atomic mass is 10.1. The molecule has 5 nitrogen and oxygen atoms in total. The number of aromatic nitrogens is 2. The third kappa shape index (κ3) is 3.53. The Kier molecular flexibility index (Phi) is 5.04. The summed E-state index contributed by atoms with van der Waals surface area (Å²) in [7, 11) is 0. The van der Waals surface area contributed by atoms with Crippen LogP contribution in [0, 0.1) is 6.92 Å². The number of hydrogen-bond acceptors (Lipinski definition) is 4. The molecule has 24 heavy (non-hydrogen) atoms. The highest BCUT2D eigenvalue weighted by atomic mass is 32.2. The fourth-order valence-corrected chi connectivity index (χ4v) is 4.04. The maximum Gasteiger partial charge on any atom is 0.273 e. The van der Waals surface area contributed by atoms with E-state index >= 15 is 0 Å². The number of amides is 1. The quantitative estimate of drug-likeness (QED) is 0.801. The van der Waals surface area contributed by atoms with Gasteiger partial charge in [-0.15, -0.1) is 0 Å². The minimum Gasteiger partial charge on any atom is -0.328 e. The van der Waals surface area contributed by atoms with Gasteiger partial charge in [0.2, 0.25) is 5.91 Å². The van der Waals surface area contributed by atoms with Gasteiger partial charge in [-0.1, -0.05) is 29.5 Å². The average molecular weight is 343 g/mol. The topological polar surface area (TPSA) is 55.2 Å². The predicted molar refractivity (Wildman–Crippen MR) is 96.6 cm³/mol. The van der Waals surface area contributed by atoms with E-state index in [4.69, 9.17) is 0 Å². The van der Waals surface area contributed by atoms with Gasteiger partial charge in [-0.05, 0) is 38.8 Å². The largest absolute Gasteiger partial charge is 0.328 e. The van der Waals surface area contributed by atoms with Crippen molar-refractivity contribution in [2.24, 2.45) is 0 Å². The molecule has 0 N–H and O–H groups in total. The monoisotopic (exact) mass is 343 g/mol. The van der Waals surface area contributed by atoms with Crippen molar-refractivity contribution in [1.29, 1.82) is 0 Å². The lowest BCUT2D eigenvalue weighted by Gasteiger charge is -2.32. The summed E-state index contributed by atoms with van der Waals surface area (Å²) < 4.78 is 1.91. The summed E-state index contributed by atoms with van der Waals surface area (Å²) >= 11 is 1.40. The molecule has 0 aliphatic carbocycles. The standard InChI is InChI=1S/C18H21N3O2S/c1-3-20-12-10-16(22)19-18(20)24-15-5-4-11-21(17(15)23)14-8-6-13(2)7-9-14/h6-10,12,15H,3-5,11H2,1-2H3. The molecule has 3 rings (SSSR count). The number of anilines is 1. The molecule has 1 fully saturated rings. The van der Waals surface area contributed by atoms with Gasteiger partial charge in [0, 0.05) is 31.0 Å². The van der Waals surface area contributed by atoms with Crippen LogP contribution >= 0.6 is 11.8 Å². The molecule has 1 aliphatic rings. The summed E-state index contributed by atoms with van der Waals surface area (Å²) in [5.41, 5.74) is 1.85. The van der Waals surface area contributed by atoms with E-state index in [1.165, 1.54) is 23.4 Å². The summed E-state index contributed by atoms with van der Waals surface area (Å²) in [5, 5.41) is 0.418.